The lowest BCUT2D eigenvalue weighted by Gasteiger charge is -2.25. The molecule has 1 unspecified atom stereocenters. The monoisotopic (exact) mass is 219 g/mol. The molecule has 2 rings (SSSR count). The molecule has 0 radical (unpaired) electrons. The van der Waals surface area contributed by atoms with Gasteiger partial charge in [-0.15, -0.1) is 0 Å². The van der Waals surface area contributed by atoms with Gasteiger partial charge in [-0.2, -0.15) is 0 Å². The predicted molar refractivity (Wildman–Crippen MR) is 67.9 cm³/mol. The Labute approximate surface area is 97.9 Å². The largest absolute Gasteiger partial charge is 0.369 e. The number of anilines is 1. The summed E-state index contributed by atoms with van der Waals surface area (Å²) in [6.07, 6.45) is 6.29. The second-order valence-electron chi connectivity index (χ2n) is 4.58. The molecule has 3 heteroatoms. The highest BCUT2D eigenvalue weighted by atomic mass is 15.2. The second kappa shape index (κ2) is 5.30. The zero-order valence-corrected chi connectivity index (χ0v) is 10.2. The minimum Gasteiger partial charge on any atom is -0.369 e. The topological polar surface area (TPSA) is 28.2 Å². The molecule has 88 valence electrons. The van der Waals surface area contributed by atoms with Crippen LogP contribution in [0.5, 0.6) is 0 Å². The molecule has 0 aromatic carbocycles. The van der Waals surface area contributed by atoms with Crippen LogP contribution in [0.25, 0.3) is 0 Å². The van der Waals surface area contributed by atoms with Gasteiger partial charge < -0.3 is 10.2 Å². The van der Waals surface area contributed by atoms with E-state index in [0.717, 1.165) is 19.6 Å². The van der Waals surface area contributed by atoms with Gasteiger partial charge >= 0.3 is 0 Å². The third kappa shape index (κ3) is 2.73. The van der Waals surface area contributed by atoms with E-state index in [1.165, 1.54) is 24.1 Å². The first-order valence-corrected chi connectivity index (χ1v) is 6.19. The molecule has 0 spiro atoms. The van der Waals surface area contributed by atoms with Crippen molar-refractivity contribution in [3.05, 3.63) is 24.0 Å². The van der Waals surface area contributed by atoms with Crippen molar-refractivity contribution in [2.45, 2.75) is 32.7 Å². The van der Waals surface area contributed by atoms with Crippen molar-refractivity contribution in [1.82, 2.24) is 10.3 Å². The molecule has 1 aliphatic heterocycles. The summed E-state index contributed by atoms with van der Waals surface area (Å²) in [7, 11) is 0. The normalized spacial score (nSPS) is 21.9. The summed E-state index contributed by atoms with van der Waals surface area (Å²) in [5.74, 6) is 0. The lowest BCUT2D eigenvalue weighted by molar-refractivity contribution is 0.528. The van der Waals surface area contributed by atoms with Crippen LogP contribution < -0.4 is 10.2 Å². The van der Waals surface area contributed by atoms with Crippen LogP contribution in [0, 0.1) is 6.92 Å². The summed E-state index contributed by atoms with van der Waals surface area (Å²) >= 11 is 0. The van der Waals surface area contributed by atoms with Crippen molar-refractivity contribution in [2.75, 3.05) is 24.5 Å². The van der Waals surface area contributed by atoms with Crippen LogP contribution in [-0.4, -0.2) is 30.7 Å². The molecule has 1 fully saturated rings. The van der Waals surface area contributed by atoms with Gasteiger partial charge in [0, 0.05) is 25.3 Å². The van der Waals surface area contributed by atoms with Crippen LogP contribution in [0.2, 0.25) is 0 Å². The molecule has 3 nitrogen and oxygen atoms in total. The second-order valence-corrected chi connectivity index (χ2v) is 4.58. The highest BCUT2D eigenvalue weighted by Crippen LogP contribution is 2.16. The van der Waals surface area contributed by atoms with E-state index >= 15 is 0 Å². The van der Waals surface area contributed by atoms with Crippen LogP contribution in [0.15, 0.2) is 18.5 Å². The van der Waals surface area contributed by atoms with E-state index < -0.39 is 0 Å². The number of aryl methyl sites for hydroxylation is 1. The molecular weight excluding hydrogens is 198 g/mol. The molecule has 2 heterocycles. The Bertz CT molecular complexity index is 338. The average molecular weight is 219 g/mol. The van der Waals surface area contributed by atoms with Gasteiger partial charge in [-0.05, 0) is 37.9 Å². The molecule has 1 atom stereocenters. The first-order valence-electron chi connectivity index (χ1n) is 6.19. The van der Waals surface area contributed by atoms with Crippen LogP contribution >= 0.6 is 0 Å². The molecular formula is C13H21N3. The maximum absolute atomic E-state index is 4.28. The number of aromatic nitrogens is 1. The molecule has 0 bridgehead atoms. The fourth-order valence-electron chi connectivity index (χ4n) is 2.22. The summed E-state index contributed by atoms with van der Waals surface area (Å²) < 4.78 is 0. The molecule has 1 aromatic heterocycles. The lowest BCUT2D eigenvalue weighted by atomic mass is 10.2. The van der Waals surface area contributed by atoms with Crippen LogP contribution in [-0.2, 0) is 0 Å². The van der Waals surface area contributed by atoms with E-state index in [2.05, 4.69) is 35.1 Å². The number of nitrogens with zero attached hydrogens (tertiary/aromatic N) is 2. The molecule has 1 aliphatic rings. The van der Waals surface area contributed by atoms with Crippen molar-refractivity contribution < 1.29 is 0 Å². The maximum atomic E-state index is 4.28. The van der Waals surface area contributed by atoms with Gasteiger partial charge in [0.15, 0.2) is 0 Å². The van der Waals surface area contributed by atoms with E-state index in [0.29, 0.717) is 6.04 Å². The van der Waals surface area contributed by atoms with Crippen LogP contribution in [0.4, 0.5) is 5.69 Å². The van der Waals surface area contributed by atoms with Crippen molar-refractivity contribution in [2.24, 2.45) is 0 Å². The minimum atomic E-state index is 0.614. The van der Waals surface area contributed by atoms with Crippen molar-refractivity contribution in [1.29, 1.82) is 0 Å². The SMILES string of the molecule is CCC1CN(c2cncc(C)c2)CCCN1. The predicted octanol–water partition coefficient (Wildman–Crippen LogP) is 1.97. The van der Waals surface area contributed by atoms with Crippen LogP contribution in [0.3, 0.4) is 0 Å². The molecule has 16 heavy (non-hydrogen) atoms. The zero-order chi connectivity index (χ0) is 11.4. The summed E-state index contributed by atoms with van der Waals surface area (Å²) in [4.78, 5) is 6.73. The summed E-state index contributed by atoms with van der Waals surface area (Å²) in [6.45, 7) is 7.71. The minimum absolute atomic E-state index is 0.614. The fourth-order valence-corrected chi connectivity index (χ4v) is 2.22. The van der Waals surface area contributed by atoms with Crippen LogP contribution in [0.1, 0.15) is 25.3 Å². The van der Waals surface area contributed by atoms with E-state index in [9.17, 15) is 0 Å². The standard InChI is InChI=1S/C13H21N3/c1-3-12-10-16(6-4-5-15-12)13-7-11(2)8-14-9-13/h7-9,12,15H,3-6,10H2,1-2H3. The Hall–Kier alpha value is -1.09. The molecule has 1 saturated heterocycles. The van der Waals surface area contributed by atoms with Gasteiger partial charge in [-0.3, -0.25) is 4.98 Å². The van der Waals surface area contributed by atoms with E-state index in [-0.39, 0.29) is 0 Å². The molecule has 1 N–H and O–H groups in total. The number of hydrogen-bond acceptors (Lipinski definition) is 3. The highest BCUT2D eigenvalue weighted by molar-refractivity contribution is 5.46. The molecule has 0 amide bonds. The van der Waals surface area contributed by atoms with E-state index in [4.69, 9.17) is 0 Å². The summed E-state index contributed by atoms with van der Waals surface area (Å²) in [6, 6.07) is 2.84. The average Bonchev–Trinajstić information content (AvgIpc) is 2.54. The third-order valence-electron chi connectivity index (χ3n) is 3.20. The first kappa shape index (κ1) is 11.4. The van der Waals surface area contributed by atoms with Gasteiger partial charge in [0.2, 0.25) is 0 Å². The van der Waals surface area contributed by atoms with Crippen molar-refractivity contribution in [3.63, 3.8) is 0 Å². The molecule has 1 aromatic rings. The molecule has 0 aliphatic carbocycles. The molecule has 0 saturated carbocycles. The van der Waals surface area contributed by atoms with Gasteiger partial charge in [0.1, 0.15) is 0 Å². The summed E-state index contributed by atoms with van der Waals surface area (Å²) in [5.41, 5.74) is 2.50. The van der Waals surface area contributed by atoms with Crippen molar-refractivity contribution in [3.8, 4) is 0 Å². The Morgan fingerprint density at radius 3 is 3.12 bits per heavy atom. The highest BCUT2D eigenvalue weighted by Gasteiger charge is 2.16. The van der Waals surface area contributed by atoms with Gasteiger partial charge in [0.25, 0.3) is 0 Å². The smallest absolute Gasteiger partial charge is 0.0555 e. The zero-order valence-electron chi connectivity index (χ0n) is 10.2. The van der Waals surface area contributed by atoms with Gasteiger partial charge in [-0.1, -0.05) is 6.92 Å². The third-order valence-corrected chi connectivity index (χ3v) is 3.20. The first-order chi connectivity index (χ1) is 7.79. The Morgan fingerprint density at radius 1 is 1.50 bits per heavy atom. The lowest BCUT2D eigenvalue weighted by Crippen LogP contribution is -2.37. The van der Waals surface area contributed by atoms with Gasteiger partial charge in [-0.25, -0.2) is 0 Å². The Kier molecular flexibility index (Phi) is 3.78. The Balaban J connectivity index is 2.12. The van der Waals surface area contributed by atoms with Gasteiger partial charge in [0.05, 0.1) is 11.9 Å². The number of rotatable bonds is 2. The number of nitrogens with one attached hydrogen (secondary N) is 1. The van der Waals surface area contributed by atoms with E-state index in [1.54, 1.807) is 0 Å². The summed E-state index contributed by atoms with van der Waals surface area (Å²) in [5, 5.41) is 3.58. The van der Waals surface area contributed by atoms with Crippen molar-refractivity contribution >= 4 is 5.69 Å². The maximum Gasteiger partial charge on any atom is 0.0555 e. The Morgan fingerprint density at radius 2 is 2.38 bits per heavy atom. The fraction of sp³-hybridized carbons (Fsp3) is 0.615. The number of pyridine rings is 1. The van der Waals surface area contributed by atoms with E-state index in [1.807, 2.05) is 12.4 Å². The quantitative estimate of drug-likeness (QED) is 0.824. The number of hydrogen-bond donors (Lipinski definition) is 1.